The van der Waals surface area contributed by atoms with E-state index in [1.165, 1.54) is 33.7 Å². The van der Waals surface area contributed by atoms with Gasteiger partial charge in [0.2, 0.25) is 0 Å². The third-order valence-corrected chi connectivity index (χ3v) is 12.6. The van der Waals surface area contributed by atoms with Crippen LogP contribution in [-0.2, 0) is 36.4 Å². The third kappa shape index (κ3) is 10.6. The van der Waals surface area contributed by atoms with Gasteiger partial charge in [-0.2, -0.15) is 0 Å². The molecule has 0 bridgehead atoms. The molecule has 284 valence electrons. The van der Waals surface area contributed by atoms with Gasteiger partial charge in [0.15, 0.2) is 0 Å². The fourth-order valence-corrected chi connectivity index (χ4v) is 9.07. The molecule has 0 saturated heterocycles. The highest BCUT2D eigenvalue weighted by atomic mass is 33.1. The molecule has 0 aliphatic heterocycles. The van der Waals surface area contributed by atoms with Crippen LogP contribution < -0.4 is 4.72 Å². The SMILES string of the molecule is Cc1onc(-c2ccc(S(=O)(=O)NC(=O)OCCSSCCOC(=O)O[C@]3(c4cccc(CO)c4)CCCC[C@@H]3CN(C)C)cc2)c1-c1ccccc1. The summed E-state index contributed by atoms with van der Waals surface area (Å²) in [6.07, 6.45) is 1.70. The topological polar surface area (TPSA) is 158 Å². The number of carbonyl (C=O) groups is 2. The van der Waals surface area contributed by atoms with Gasteiger partial charge in [0.25, 0.3) is 10.0 Å². The van der Waals surface area contributed by atoms with E-state index in [-0.39, 0.29) is 30.6 Å². The molecule has 0 radical (unpaired) electrons. The maximum Gasteiger partial charge on any atom is 0.509 e. The number of aryl methyl sites for hydroxylation is 1. The number of hydrogen-bond donors (Lipinski definition) is 2. The highest BCUT2D eigenvalue weighted by molar-refractivity contribution is 8.76. The van der Waals surface area contributed by atoms with Crippen molar-refractivity contribution in [3.8, 4) is 22.4 Å². The molecule has 1 fully saturated rings. The molecule has 15 heteroatoms. The molecule has 1 aliphatic rings. The van der Waals surface area contributed by atoms with Gasteiger partial charge in [-0.15, -0.1) is 0 Å². The molecule has 4 aromatic rings. The van der Waals surface area contributed by atoms with Gasteiger partial charge in [0, 0.05) is 29.5 Å². The van der Waals surface area contributed by atoms with Crippen LogP contribution in [0.25, 0.3) is 22.4 Å². The summed E-state index contributed by atoms with van der Waals surface area (Å²) in [6.45, 7) is 2.53. The Morgan fingerprint density at radius 2 is 1.68 bits per heavy atom. The van der Waals surface area contributed by atoms with Gasteiger partial charge in [-0.1, -0.05) is 93.8 Å². The van der Waals surface area contributed by atoms with E-state index in [9.17, 15) is 23.1 Å². The Labute approximate surface area is 318 Å². The van der Waals surface area contributed by atoms with Gasteiger partial charge in [0.05, 0.1) is 17.1 Å². The molecule has 1 aliphatic carbocycles. The maximum atomic E-state index is 13.0. The van der Waals surface area contributed by atoms with E-state index in [0.717, 1.165) is 48.1 Å². The second kappa shape index (κ2) is 18.8. The molecule has 12 nitrogen and oxygen atoms in total. The average Bonchev–Trinajstić information content (AvgIpc) is 3.54. The normalized spacial score (nSPS) is 17.3. The Kier molecular flexibility index (Phi) is 14.3. The first kappa shape index (κ1) is 40.2. The van der Waals surface area contributed by atoms with Crippen molar-refractivity contribution in [3.63, 3.8) is 0 Å². The second-order valence-electron chi connectivity index (χ2n) is 12.9. The number of nitrogens with one attached hydrogen (secondary N) is 1. The summed E-state index contributed by atoms with van der Waals surface area (Å²) < 4.78 is 49.8. The molecular formula is C38H45N3O9S3. The molecule has 2 N–H and O–H groups in total. The lowest BCUT2D eigenvalue weighted by Gasteiger charge is -2.44. The Hall–Kier alpha value is -4.02. The lowest BCUT2D eigenvalue weighted by atomic mass is 9.70. The summed E-state index contributed by atoms with van der Waals surface area (Å²) in [5.74, 6) is 1.55. The smallest absolute Gasteiger partial charge is 0.448 e. The molecule has 53 heavy (non-hydrogen) atoms. The van der Waals surface area contributed by atoms with Crippen LogP contribution in [0.4, 0.5) is 9.59 Å². The van der Waals surface area contributed by atoms with E-state index in [4.69, 9.17) is 18.7 Å². The number of ether oxygens (including phenoxy) is 3. The molecule has 0 unspecified atom stereocenters. The third-order valence-electron chi connectivity index (χ3n) is 8.91. The fourth-order valence-electron chi connectivity index (χ4n) is 6.53. The molecule has 2 atom stereocenters. The van der Waals surface area contributed by atoms with Crippen LogP contribution in [0.3, 0.4) is 0 Å². The number of rotatable bonds is 16. The summed E-state index contributed by atoms with van der Waals surface area (Å²) >= 11 is 0. The molecule has 1 heterocycles. The summed E-state index contributed by atoms with van der Waals surface area (Å²) in [4.78, 5) is 27.3. The van der Waals surface area contributed by atoms with Crippen LogP contribution in [-0.4, -0.2) is 81.2 Å². The van der Waals surface area contributed by atoms with Crippen molar-refractivity contribution in [2.45, 2.75) is 49.7 Å². The minimum absolute atomic E-state index is 0.0304. The number of aliphatic hydroxyl groups excluding tert-OH is 1. The molecule has 0 spiro atoms. The van der Waals surface area contributed by atoms with Crippen molar-refractivity contribution >= 4 is 43.9 Å². The van der Waals surface area contributed by atoms with Crippen molar-refractivity contribution in [1.29, 1.82) is 0 Å². The van der Waals surface area contributed by atoms with Gasteiger partial charge in [0.1, 0.15) is 30.3 Å². The Bertz CT molecular complexity index is 1920. The van der Waals surface area contributed by atoms with Gasteiger partial charge in [-0.3, -0.25) is 0 Å². The highest BCUT2D eigenvalue weighted by Crippen LogP contribution is 2.46. The predicted molar refractivity (Wildman–Crippen MR) is 206 cm³/mol. The molecule has 3 aromatic carbocycles. The zero-order valence-electron chi connectivity index (χ0n) is 30.0. The van der Waals surface area contributed by atoms with Gasteiger partial charge in [-0.05, 0) is 75.2 Å². The first-order valence-corrected chi connectivity index (χ1v) is 21.3. The number of sulfonamides is 1. The van der Waals surface area contributed by atoms with Gasteiger partial charge < -0.3 is 28.7 Å². The number of aromatic nitrogens is 1. The number of carbonyl (C=O) groups excluding carboxylic acids is 2. The van der Waals surface area contributed by atoms with E-state index in [2.05, 4.69) is 10.1 Å². The first-order valence-electron chi connectivity index (χ1n) is 17.3. The zero-order valence-corrected chi connectivity index (χ0v) is 32.4. The van der Waals surface area contributed by atoms with Crippen LogP contribution in [0, 0.1) is 12.8 Å². The monoisotopic (exact) mass is 783 g/mol. The van der Waals surface area contributed by atoms with Gasteiger partial charge >= 0.3 is 12.2 Å². The summed E-state index contributed by atoms with van der Waals surface area (Å²) in [5.41, 5.74) is 3.74. The van der Waals surface area contributed by atoms with Crippen molar-refractivity contribution in [2.24, 2.45) is 5.92 Å². The van der Waals surface area contributed by atoms with E-state index in [1.54, 1.807) is 12.1 Å². The number of aliphatic hydroxyl groups is 1. The van der Waals surface area contributed by atoms with Crippen LogP contribution in [0.2, 0.25) is 0 Å². The molecule has 1 saturated carbocycles. The van der Waals surface area contributed by atoms with Crippen molar-refractivity contribution < 1.29 is 41.8 Å². The lowest BCUT2D eigenvalue weighted by Crippen LogP contribution is -2.46. The van der Waals surface area contributed by atoms with Crippen LogP contribution in [0.5, 0.6) is 0 Å². The number of nitrogens with zero attached hydrogens (tertiary/aromatic N) is 2. The number of benzene rings is 3. The fraction of sp³-hybridized carbons (Fsp3) is 0.395. The predicted octanol–water partition coefficient (Wildman–Crippen LogP) is 7.41. The molecule has 1 amide bonds. The standard InChI is InChI=1S/C38H45N3O9S3/c1-27-34(29-11-5-4-6-12-29)35(39-50-27)30-15-17-33(18-16-30)53(45,46)40-36(43)47-20-22-51-52-23-21-48-37(44)49-38(31-14-9-10-28(24-31)26-42)19-8-7-13-32(38)25-41(2)3/h4-6,9-12,14-18,24,32,42H,7-8,13,19-23,25-26H2,1-3H3,(H,40,43)/t32-,38+/m1/s1. The van der Waals surface area contributed by atoms with Crippen LogP contribution in [0.1, 0.15) is 42.6 Å². The summed E-state index contributed by atoms with van der Waals surface area (Å²) in [6, 6.07) is 23.2. The van der Waals surface area contributed by atoms with Crippen LogP contribution in [0.15, 0.2) is 88.3 Å². The van der Waals surface area contributed by atoms with Crippen LogP contribution >= 0.6 is 21.6 Å². The molecule has 1 aromatic heterocycles. The minimum atomic E-state index is -4.18. The molecular weight excluding hydrogens is 739 g/mol. The van der Waals surface area contributed by atoms with Crippen molar-refractivity contribution in [1.82, 2.24) is 14.8 Å². The Balaban J connectivity index is 1.03. The maximum absolute atomic E-state index is 13.0. The largest absolute Gasteiger partial charge is 0.509 e. The highest BCUT2D eigenvalue weighted by Gasteiger charge is 2.46. The Morgan fingerprint density at radius 1 is 0.962 bits per heavy atom. The second-order valence-corrected chi connectivity index (χ2v) is 17.3. The lowest BCUT2D eigenvalue weighted by molar-refractivity contribution is -0.0972. The van der Waals surface area contributed by atoms with E-state index >= 15 is 0 Å². The van der Waals surface area contributed by atoms with Crippen molar-refractivity contribution in [2.75, 3.05) is 45.4 Å². The van der Waals surface area contributed by atoms with E-state index in [0.29, 0.717) is 34.9 Å². The van der Waals surface area contributed by atoms with Crippen molar-refractivity contribution in [3.05, 3.63) is 95.7 Å². The van der Waals surface area contributed by atoms with Gasteiger partial charge in [-0.25, -0.2) is 22.7 Å². The number of amides is 1. The quantitative estimate of drug-likeness (QED) is 0.0659. The first-order chi connectivity index (χ1) is 25.5. The molecule has 5 rings (SSSR count). The summed E-state index contributed by atoms with van der Waals surface area (Å²) in [7, 11) is 2.63. The summed E-state index contributed by atoms with van der Waals surface area (Å²) in [5, 5.41) is 13.9. The Morgan fingerprint density at radius 3 is 2.38 bits per heavy atom. The van der Waals surface area contributed by atoms with E-state index in [1.807, 2.05) is 80.3 Å². The zero-order chi connectivity index (χ0) is 37.8. The number of hydrogen-bond acceptors (Lipinski definition) is 13. The minimum Gasteiger partial charge on any atom is -0.448 e. The van der Waals surface area contributed by atoms with E-state index < -0.39 is 27.9 Å². The average molecular weight is 784 g/mol.